The van der Waals surface area contributed by atoms with Crippen LogP contribution >= 0.6 is 22.9 Å². The second-order valence-corrected chi connectivity index (χ2v) is 7.28. The van der Waals surface area contributed by atoms with Crippen LogP contribution in [0.25, 0.3) is 0 Å². The number of sulfonamides is 1. The van der Waals surface area contributed by atoms with E-state index < -0.39 is 51.0 Å². The number of rotatable bonds is 7. The van der Waals surface area contributed by atoms with Crippen molar-refractivity contribution in [3.05, 3.63) is 20.5 Å². The molecule has 1 heterocycles. The Bertz CT molecular complexity index is 592. The number of hydrogen-bond donors (Lipinski definition) is 1. The van der Waals surface area contributed by atoms with Gasteiger partial charge in [-0.25, -0.2) is 17.2 Å². The lowest BCUT2D eigenvalue weighted by Crippen LogP contribution is -2.36. The average molecular weight is 351 g/mol. The Labute approximate surface area is 121 Å². The van der Waals surface area contributed by atoms with E-state index in [0.29, 0.717) is 21.7 Å². The summed E-state index contributed by atoms with van der Waals surface area (Å²) in [6, 6.07) is 0.707. The molecule has 0 atom stereocenters. The van der Waals surface area contributed by atoms with Crippen LogP contribution in [-0.4, -0.2) is 48.9 Å². The van der Waals surface area contributed by atoms with Crippen LogP contribution < -0.4 is 0 Å². The molecule has 0 saturated heterocycles. The molecule has 0 amide bonds. The molecule has 0 aromatic carbocycles. The van der Waals surface area contributed by atoms with Crippen molar-refractivity contribution in [1.29, 1.82) is 0 Å². The Kier molecular flexibility index (Phi) is 5.77. The topological polar surface area (TPSA) is 101 Å². The Hall–Kier alpha value is -0.880. The zero-order valence-electron chi connectivity index (χ0n) is 9.70. The summed E-state index contributed by atoms with van der Waals surface area (Å²) in [5.74, 6) is 0. The highest BCUT2D eigenvalue weighted by Crippen LogP contribution is 2.37. The molecule has 0 aliphatic heterocycles. The molecule has 0 fully saturated rings. The maximum absolute atomic E-state index is 12.3. The van der Waals surface area contributed by atoms with Crippen LogP contribution in [0.2, 0.25) is 4.34 Å². The van der Waals surface area contributed by atoms with Crippen LogP contribution in [0.1, 0.15) is 0 Å². The number of aliphatic hydroxyl groups excluding tert-OH is 1. The molecule has 0 aliphatic carbocycles. The van der Waals surface area contributed by atoms with Gasteiger partial charge in [0.05, 0.1) is 18.1 Å². The fraction of sp³-hybridized carbons (Fsp3) is 0.500. The summed E-state index contributed by atoms with van der Waals surface area (Å²) in [4.78, 5) is 9.72. The van der Waals surface area contributed by atoms with E-state index in [-0.39, 0.29) is 4.34 Å². The monoisotopic (exact) mass is 350 g/mol. The third-order valence-corrected chi connectivity index (χ3v) is 5.78. The highest BCUT2D eigenvalue weighted by atomic mass is 35.5. The summed E-state index contributed by atoms with van der Waals surface area (Å²) in [5, 5.41) is 19.3. The van der Waals surface area contributed by atoms with Gasteiger partial charge in [-0.2, -0.15) is 4.31 Å². The zero-order chi connectivity index (χ0) is 15.5. The van der Waals surface area contributed by atoms with Crippen LogP contribution in [0, 0.1) is 10.1 Å². The molecule has 1 rings (SSSR count). The lowest BCUT2D eigenvalue weighted by molar-refractivity contribution is -0.384. The number of nitro groups is 1. The van der Waals surface area contributed by atoms with Gasteiger partial charge in [0.15, 0.2) is 4.34 Å². The number of alkyl halides is 2. The molecule has 1 aromatic heterocycles. The predicted octanol–water partition coefficient (Wildman–Crippen LogP) is 1.56. The van der Waals surface area contributed by atoms with Gasteiger partial charge in [0.2, 0.25) is 0 Å². The normalized spacial score (nSPS) is 12.3. The lowest BCUT2D eigenvalue weighted by atomic mass is 10.6. The molecule has 0 unspecified atom stereocenters. The first-order chi connectivity index (χ1) is 9.20. The van der Waals surface area contributed by atoms with E-state index in [2.05, 4.69) is 0 Å². The van der Waals surface area contributed by atoms with Gasteiger partial charge in [0.25, 0.3) is 22.1 Å². The van der Waals surface area contributed by atoms with Crippen molar-refractivity contribution < 1.29 is 27.2 Å². The van der Waals surface area contributed by atoms with E-state index in [0.717, 1.165) is 0 Å². The lowest BCUT2D eigenvalue weighted by Gasteiger charge is -2.19. The molecular formula is C8H9ClF2N2O5S2. The summed E-state index contributed by atoms with van der Waals surface area (Å²) >= 11 is 5.93. The highest BCUT2D eigenvalue weighted by Gasteiger charge is 2.31. The van der Waals surface area contributed by atoms with E-state index in [1.807, 2.05) is 0 Å². The predicted molar refractivity (Wildman–Crippen MR) is 67.8 cm³/mol. The van der Waals surface area contributed by atoms with Crippen molar-refractivity contribution >= 4 is 38.6 Å². The zero-order valence-corrected chi connectivity index (χ0v) is 12.1. The van der Waals surface area contributed by atoms with Crippen molar-refractivity contribution in [3.8, 4) is 0 Å². The number of halogens is 3. The fourth-order valence-electron chi connectivity index (χ4n) is 1.29. The van der Waals surface area contributed by atoms with Gasteiger partial charge in [-0.1, -0.05) is 11.6 Å². The van der Waals surface area contributed by atoms with Gasteiger partial charge in [-0.05, 0) is 0 Å². The largest absolute Gasteiger partial charge is 0.395 e. The molecule has 0 spiro atoms. The average Bonchev–Trinajstić information content (AvgIpc) is 2.71. The molecule has 1 aromatic rings. The van der Waals surface area contributed by atoms with Gasteiger partial charge < -0.3 is 5.11 Å². The maximum Gasteiger partial charge on any atom is 0.300 e. The summed E-state index contributed by atoms with van der Waals surface area (Å²) in [5.41, 5.74) is -0.615. The van der Waals surface area contributed by atoms with Gasteiger partial charge in [0, 0.05) is 12.6 Å². The summed E-state index contributed by atoms with van der Waals surface area (Å²) in [6.07, 6.45) is -2.94. The van der Waals surface area contributed by atoms with E-state index >= 15 is 0 Å². The fourth-order valence-corrected chi connectivity index (χ4v) is 4.52. The minimum Gasteiger partial charge on any atom is -0.395 e. The number of nitrogens with zero attached hydrogens (tertiary/aromatic N) is 2. The summed E-state index contributed by atoms with van der Waals surface area (Å²) < 4.78 is 48.3. The van der Waals surface area contributed by atoms with Crippen LogP contribution in [0.3, 0.4) is 0 Å². The molecular weight excluding hydrogens is 342 g/mol. The van der Waals surface area contributed by atoms with Gasteiger partial charge in [-0.15, -0.1) is 11.3 Å². The van der Waals surface area contributed by atoms with Crippen LogP contribution in [-0.2, 0) is 10.0 Å². The number of aliphatic hydroxyl groups is 1. The quantitative estimate of drug-likeness (QED) is 0.594. The van der Waals surface area contributed by atoms with Crippen LogP contribution in [0.15, 0.2) is 10.3 Å². The summed E-state index contributed by atoms with van der Waals surface area (Å²) in [6.45, 7) is -2.32. The molecule has 0 bridgehead atoms. The van der Waals surface area contributed by atoms with Crippen molar-refractivity contribution in [2.45, 2.75) is 10.6 Å². The van der Waals surface area contributed by atoms with Crippen molar-refractivity contribution in [2.75, 3.05) is 19.7 Å². The summed E-state index contributed by atoms with van der Waals surface area (Å²) in [7, 11) is -4.37. The maximum atomic E-state index is 12.3. The highest BCUT2D eigenvalue weighted by molar-refractivity contribution is 7.91. The SMILES string of the molecule is O=[N+]([O-])c1cc(S(=O)(=O)N(CCO)CC(F)F)sc1Cl. The third kappa shape index (κ3) is 3.82. The van der Waals surface area contributed by atoms with E-state index in [1.54, 1.807) is 0 Å². The Morgan fingerprint density at radius 3 is 2.55 bits per heavy atom. The molecule has 114 valence electrons. The molecule has 0 radical (unpaired) electrons. The first-order valence-electron chi connectivity index (χ1n) is 5.03. The number of hydrogen-bond acceptors (Lipinski definition) is 6. The van der Waals surface area contributed by atoms with Crippen LogP contribution in [0.4, 0.5) is 14.5 Å². The molecule has 0 aliphatic rings. The third-order valence-electron chi connectivity index (χ3n) is 2.13. The van der Waals surface area contributed by atoms with Crippen molar-refractivity contribution in [2.24, 2.45) is 0 Å². The molecule has 0 saturated carbocycles. The molecule has 1 N–H and O–H groups in total. The van der Waals surface area contributed by atoms with Crippen molar-refractivity contribution in [1.82, 2.24) is 4.31 Å². The standard InChI is InChI=1S/C8H9ClF2N2O5S2/c9-8-5(13(15)16)3-7(19-8)20(17,18)12(1-2-14)4-6(10)11/h3,6,14H,1-2,4H2. The van der Waals surface area contributed by atoms with E-state index in [4.69, 9.17) is 16.7 Å². The van der Waals surface area contributed by atoms with Gasteiger partial charge in [0.1, 0.15) is 4.21 Å². The van der Waals surface area contributed by atoms with E-state index in [9.17, 15) is 27.3 Å². The second kappa shape index (κ2) is 6.72. The molecule has 7 nitrogen and oxygen atoms in total. The van der Waals surface area contributed by atoms with Crippen molar-refractivity contribution in [3.63, 3.8) is 0 Å². The molecule has 12 heteroatoms. The minimum atomic E-state index is -4.37. The van der Waals surface area contributed by atoms with Gasteiger partial charge >= 0.3 is 0 Å². The van der Waals surface area contributed by atoms with Gasteiger partial charge in [-0.3, -0.25) is 10.1 Å². The second-order valence-electron chi connectivity index (χ2n) is 3.46. The first-order valence-corrected chi connectivity index (χ1v) is 7.66. The number of thiophene rings is 1. The Morgan fingerprint density at radius 1 is 1.55 bits per heavy atom. The Morgan fingerprint density at radius 2 is 2.15 bits per heavy atom. The minimum absolute atomic E-state index is 0.351. The smallest absolute Gasteiger partial charge is 0.300 e. The first kappa shape index (κ1) is 17.2. The van der Waals surface area contributed by atoms with Crippen LogP contribution in [0.5, 0.6) is 0 Å². The Balaban J connectivity index is 3.19. The van der Waals surface area contributed by atoms with E-state index in [1.165, 1.54) is 0 Å². The molecule has 20 heavy (non-hydrogen) atoms.